The molecule has 8 heteroatoms. The second kappa shape index (κ2) is 9.07. The SMILES string of the molecule is O=C(CN1CCC(Oc2nccnc2-c2ccncc2)CC1)N1CCOCC1. The van der Waals surface area contributed by atoms with Gasteiger partial charge in [0.15, 0.2) is 0 Å². The Morgan fingerprint density at radius 1 is 1.04 bits per heavy atom. The number of hydrogen-bond acceptors (Lipinski definition) is 7. The first kappa shape index (κ1) is 18.8. The molecule has 0 spiro atoms. The molecule has 0 saturated carbocycles. The first-order valence-corrected chi connectivity index (χ1v) is 9.75. The molecular weight excluding hydrogens is 358 g/mol. The lowest BCUT2D eigenvalue weighted by Gasteiger charge is -2.34. The number of morpholine rings is 1. The lowest BCUT2D eigenvalue weighted by molar-refractivity contribution is -0.136. The molecule has 0 bridgehead atoms. The van der Waals surface area contributed by atoms with E-state index in [2.05, 4.69) is 19.9 Å². The molecule has 0 aliphatic carbocycles. The number of piperidine rings is 1. The Bertz CT molecular complexity index is 774. The number of likely N-dealkylation sites (tertiary alicyclic amines) is 1. The molecule has 4 heterocycles. The summed E-state index contributed by atoms with van der Waals surface area (Å²) in [6.07, 6.45) is 8.59. The van der Waals surface area contributed by atoms with Gasteiger partial charge in [0.05, 0.1) is 19.8 Å². The normalized spacial score (nSPS) is 18.8. The van der Waals surface area contributed by atoms with Crippen molar-refractivity contribution in [2.75, 3.05) is 45.9 Å². The maximum atomic E-state index is 12.4. The standard InChI is InChI=1S/C20H25N5O3/c26-18(25-11-13-27-14-12-25)15-24-9-3-17(4-10-24)28-20-19(22-7-8-23-20)16-1-5-21-6-2-16/h1-2,5-8,17H,3-4,9-15H2. The predicted molar refractivity (Wildman–Crippen MR) is 103 cm³/mol. The first-order chi connectivity index (χ1) is 13.8. The Morgan fingerprint density at radius 3 is 2.50 bits per heavy atom. The van der Waals surface area contributed by atoms with Crippen molar-refractivity contribution in [1.82, 2.24) is 24.8 Å². The maximum absolute atomic E-state index is 12.4. The number of carbonyl (C=O) groups excluding carboxylic acids is 1. The second-order valence-corrected chi connectivity index (χ2v) is 7.03. The number of hydrogen-bond donors (Lipinski definition) is 0. The number of pyridine rings is 1. The molecule has 2 aromatic rings. The fourth-order valence-electron chi connectivity index (χ4n) is 3.57. The Balaban J connectivity index is 1.31. The van der Waals surface area contributed by atoms with E-state index in [1.54, 1.807) is 24.8 Å². The lowest BCUT2D eigenvalue weighted by atomic mass is 10.1. The number of carbonyl (C=O) groups is 1. The summed E-state index contributed by atoms with van der Waals surface area (Å²) in [5.74, 6) is 0.744. The van der Waals surface area contributed by atoms with E-state index in [0.717, 1.165) is 37.2 Å². The molecule has 148 valence electrons. The Morgan fingerprint density at radius 2 is 1.75 bits per heavy atom. The molecular formula is C20H25N5O3. The van der Waals surface area contributed by atoms with Gasteiger partial charge >= 0.3 is 0 Å². The summed E-state index contributed by atoms with van der Waals surface area (Å²) < 4.78 is 11.5. The first-order valence-electron chi connectivity index (χ1n) is 9.75. The molecule has 2 saturated heterocycles. The minimum atomic E-state index is 0.0759. The smallest absolute Gasteiger partial charge is 0.240 e. The van der Waals surface area contributed by atoms with Gasteiger partial charge in [0.1, 0.15) is 11.8 Å². The summed E-state index contributed by atoms with van der Waals surface area (Å²) in [6.45, 7) is 4.82. The number of ether oxygens (including phenoxy) is 2. The summed E-state index contributed by atoms with van der Waals surface area (Å²) >= 11 is 0. The largest absolute Gasteiger partial charge is 0.473 e. The van der Waals surface area contributed by atoms with Crippen LogP contribution in [0.4, 0.5) is 0 Å². The topological polar surface area (TPSA) is 80.7 Å². The van der Waals surface area contributed by atoms with Crippen molar-refractivity contribution in [1.29, 1.82) is 0 Å². The third-order valence-corrected chi connectivity index (χ3v) is 5.15. The van der Waals surface area contributed by atoms with E-state index < -0.39 is 0 Å². The van der Waals surface area contributed by atoms with Crippen LogP contribution in [0, 0.1) is 0 Å². The monoisotopic (exact) mass is 383 g/mol. The minimum Gasteiger partial charge on any atom is -0.473 e. The van der Waals surface area contributed by atoms with Crippen LogP contribution in [0.15, 0.2) is 36.9 Å². The van der Waals surface area contributed by atoms with Gasteiger partial charge in [-0.25, -0.2) is 9.97 Å². The second-order valence-electron chi connectivity index (χ2n) is 7.03. The highest BCUT2D eigenvalue weighted by atomic mass is 16.5. The summed E-state index contributed by atoms with van der Waals surface area (Å²) in [5.41, 5.74) is 1.67. The quantitative estimate of drug-likeness (QED) is 0.768. The highest BCUT2D eigenvalue weighted by Gasteiger charge is 2.25. The van der Waals surface area contributed by atoms with Gasteiger partial charge in [-0.3, -0.25) is 14.7 Å². The number of nitrogens with zero attached hydrogens (tertiary/aromatic N) is 5. The van der Waals surface area contributed by atoms with Crippen LogP contribution >= 0.6 is 0 Å². The van der Waals surface area contributed by atoms with Crippen LogP contribution < -0.4 is 4.74 Å². The number of rotatable bonds is 5. The van der Waals surface area contributed by atoms with E-state index in [1.165, 1.54) is 0 Å². The van der Waals surface area contributed by atoms with Crippen molar-refractivity contribution >= 4 is 5.91 Å². The van der Waals surface area contributed by atoms with Crippen molar-refractivity contribution < 1.29 is 14.3 Å². The molecule has 4 rings (SSSR count). The van der Waals surface area contributed by atoms with Crippen molar-refractivity contribution in [3.05, 3.63) is 36.9 Å². The van der Waals surface area contributed by atoms with Crippen LogP contribution in [-0.4, -0.2) is 82.7 Å². The number of aromatic nitrogens is 3. The zero-order valence-corrected chi connectivity index (χ0v) is 15.9. The fraction of sp³-hybridized carbons (Fsp3) is 0.500. The fourth-order valence-corrected chi connectivity index (χ4v) is 3.57. The maximum Gasteiger partial charge on any atom is 0.240 e. The summed E-state index contributed by atoms with van der Waals surface area (Å²) in [6, 6.07) is 3.80. The van der Waals surface area contributed by atoms with Gasteiger partial charge in [0.2, 0.25) is 11.8 Å². The van der Waals surface area contributed by atoms with E-state index in [-0.39, 0.29) is 12.0 Å². The molecule has 2 fully saturated rings. The molecule has 2 aliphatic rings. The summed E-state index contributed by atoms with van der Waals surface area (Å²) in [7, 11) is 0. The third-order valence-electron chi connectivity index (χ3n) is 5.15. The van der Waals surface area contributed by atoms with Gasteiger partial charge < -0.3 is 14.4 Å². The minimum absolute atomic E-state index is 0.0759. The van der Waals surface area contributed by atoms with Gasteiger partial charge in [0, 0.05) is 56.5 Å². The predicted octanol–water partition coefficient (Wildman–Crippen LogP) is 1.24. The van der Waals surface area contributed by atoms with Crippen molar-refractivity contribution in [2.24, 2.45) is 0 Å². The van der Waals surface area contributed by atoms with Crippen molar-refractivity contribution in [2.45, 2.75) is 18.9 Å². The molecule has 0 N–H and O–H groups in total. The van der Waals surface area contributed by atoms with E-state index in [0.29, 0.717) is 38.7 Å². The zero-order valence-electron chi connectivity index (χ0n) is 15.9. The Labute approximate surface area is 164 Å². The molecule has 0 aromatic carbocycles. The average molecular weight is 383 g/mol. The van der Waals surface area contributed by atoms with Gasteiger partial charge in [0.25, 0.3) is 0 Å². The third kappa shape index (κ3) is 4.63. The van der Waals surface area contributed by atoms with Gasteiger partial charge in [-0.05, 0) is 25.0 Å². The Hall–Kier alpha value is -2.58. The highest BCUT2D eigenvalue weighted by Crippen LogP contribution is 2.27. The molecule has 2 aliphatic heterocycles. The number of amides is 1. The lowest BCUT2D eigenvalue weighted by Crippen LogP contribution is -2.48. The van der Waals surface area contributed by atoms with E-state index in [4.69, 9.17) is 9.47 Å². The molecule has 1 amide bonds. The van der Waals surface area contributed by atoms with Crippen LogP contribution in [0.5, 0.6) is 5.88 Å². The van der Waals surface area contributed by atoms with Gasteiger partial charge in [-0.1, -0.05) is 0 Å². The zero-order chi connectivity index (χ0) is 19.2. The van der Waals surface area contributed by atoms with Crippen LogP contribution in [0.2, 0.25) is 0 Å². The average Bonchev–Trinajstić information content (AvgIpc) is 2.77. The molecule has 28 heavy (non-hydrogen) atoms. The molecule has 0 atom stereocenters. The Kier molecular flexibility index (Phi) is 6.08. The molecule has 8 nitrogen and oxygen atoms in total. The highest BCUT2D eigenvalue weighted by molar-refractivity contribution is 5.78. The van der Waals surface area contributed by atoms with E-state index >= 15 is 0 Å². The van der Waals surface area contributed by atoms with Crippen LogP contribution in [0.25, 0.3) is 11.3 Å². The summed E-state index contributed by atoms with van der Waals surface area (Å²) in [5, 5.41) is 0. The van der Waals surface area contributed by atoms with Gasteiger partial charge in [-0.15, -0.1) is 0 Å². The van der Waals surface area contributed by atoms with Crippen molar-refractivity contribution in [3.63, 3.8) is 0 Å². The van der Waals surface area contributed by atoms with Crippen LogP contribution in [0.1, 0.15) is 12.8 Å². The molecule has 0 unspecified atom stereocenters. The molecule has 0 radical (unpaired) electrons. The van der Waals surface area contributed by atoms with E-state index in [1.807, 2.05) is 17.0 Å². The van der Waals surface area contributed by atoms with Crippen LogP contribution in [-0.2, 0) is 9.53 Å². The van der Waals surface area contributed by atoms with Crippen molar-refractivity contribution in [3.8, 4) is 17.1 Å². The van der Waals surface area contributed by atoms with Crippen LogP contribution in [0.3, 0.4) is 0 Å². The molecule has 2 aromatic heterocycles. The van der Waals surface area contributed by atoms with E-state index in [9.17, 15) is 4.79 Å². The summed E-state index contributed by atoms with van der Waals surface area (Å²) in [4.78, 5) is 29.4. The van der Waals surface area contributed by atoms with Gasteiger partial charge in [-0.2, -0.15) is 0 Å².